The van der Waals surface area contributed by atoms with Crippen LogP contribution in [0.3, 0.4) is 0 Å². The molecule has 1 aliphatic heterocycles. The smallest absolute Gasteiger partial charge is 0.256 e. The van der Waals surface area contributed by atoms with Crippen molar-refractivity contribution in [1.82, 2.24) is 9.88 Å². The maximum Gasteiger partial charge on any atom is 0.256 e. The standard InChI is InChI=1S/C29H22Cl2N4O3/c30-21-12-13-22-24(16-21)33-28(37)25(15-20-5-1-2-6-23(20)31)35(29(22)38)17-18-8-10-19(11-9-18)27(36)34-26-7-3-4-14-32-26/h1-14,16,25H,15,17H2,(H,33,37)(H,32,34,36). The largest absolute Gasteiger partial charge is 0.323 e. The summed E-state index contributed by atoms with van der Waals surface area (Å²) in [6.45, 7) is 0.144. The first-order valence-corrected chi connectivity index (χ1v) is 12.6. The number of hydrogen-bond donors (Lipinski definition) is 2. The van der Waals surface area contributed by atoms with E-state index in [-0.39, 0.29) is 30.7 Å². The zero-order chi connectivity index (χ0) is 26.6. The van der Waals surface area contributed by atoms with Crippen LogP contribution in [0.1, 0.15) is 31.8 Å². The molecule has 1 unspecified atom stereocenters. The molecule has 9 heteroatoms. The number of pyridine rings is 1. The van der Waals surface area contributed by atoms with Crippen molar-refractivity contribution in [1.29, 1.82) is 0 Å². The summed E-state index contributed by atoms with van der Waals surface area (Å²) in [7, 11) is 0. The molecule has 1 aromatic heterocycles. The van der Waals surface area contributed by atoms with Crippen LogP contribution < -0.4 is 10.6 Å². The van der Waals surface area contributed by atoms with Crippen molar-refractivity contribution in [2.75, 3.05) is 10.6 Å². The number of nitrogens with one attached hydrogen (secondary N) is 2. The average molecular weight is 545 g/mol. The molecule has 5 rings (SSSR count). The summed E-state index contributed by atoms with van der Waals surface area (Å²) in [5, 5.41) is 6.53. The van der Waals surface area contributed by atoms with E-state index in [1.165, 1.54) is 4.90 Å². The summed E-state index contributed by atoms with van der Waals surface area (Å²) in [6, 6.07) is 23.3. The van der Waals surface area contributed by atoms with Gasteiger partial charge in [0, 0.05) is 34.8 Å². The van der Waals surface area contributed by atoms with Gasteiger partial charge in [0.1, 0.15) is 11.9 Å². The van der Waals surface area contributed by atoms with Crippen molar-refractivity contribution in [2.45, 2.75) is 19.0 Å². The second-order valence-corrected chi connectivity index (χ2v) is 9.63. The van der Waals surface area contributed by atoms with Crippen LogP contribution in [0.2, 0.25) is 10.0 Å². The van der Waals surface area contributed by atoms with Gasteiger partial charge in [-0.3, -0.25) is 14.4 Å². The molecule has 0 radical (unpaired) electrons. The third-order valence-electron chi connectivity index (χ3n) is 6.26. The van der Waals surface area contributed by atoms with Gasteiger partial charge in [-0.1, -0.05) is 59.6 Å². The second-order valence-electron chi connectivity index (χ2n) is 8.79. The lowest BCUT2D eigenvalue weighted by Crippen LogP contribution is -2.46. The number of carbonyl (C=O) groups is 3. The minimum Gasteiger partial charge on any atom is -0.323 e. The van der Waals surface area contributed by atoms with Crippen molar-refractivity contribution in [3.05, 3.63) is 123 Å². The van der Waals surface area contributed by atoms with Crippen molar-refractivity contribution in [3.63, 3.8) is 0 Å². The quantitative estimate of drug-likeness (QED) is 0.318. The van der Waals surface area contributed by atoms with Gasteiger partial charge in [-0.2, -0.15) is 0 Å². The van der Waals surface area contributed by atoms with Crippen molar-refractivity contribution in [3.8, 4) is 0 Å². The summed E-state index contributed by atoms with van der Waals surface area (Å²) in [6.07, 6.45) is 1.82. The first-order valence-electron chi connectivity index (χ1n) is 11.8. The lowest BCUT2D eigenvalue weighted by atomic mass is 10.0. The fourth-order valence-electron chi connectivity index (χ4n) is 4.30. The molecule has 1 aliphatic rings. The Morgan fingerprint density at radius 3 is 2.45 bits per heavy atom. The predicted octanol–water partition coefficient (Wildman–Crippen LogP) is 5.85. The van der Waals surface area contributed by atoms with E-state index < -0.39 is 6.04 Å². The molecule has 0 saturated heterocycles. The van der Waals surface area contributed by atoms with Gasteiger partial charge >= 0.3 is 0 Å². The van der Waals surface area contributed by atoms with E-state index in [4.69, 9.17) is 23.2 Å². The number of benzene rings is 3. The highest BCUT2D eigenvalue weighted by molar-refractivity contribution is 6.31. The number of anilines is 2. The molecular weight excluding hydrogens is 523 g/mol. The zero-order valence-electron chi connectivity index (χ0n) is 20.0. The van der Waals surface area contributed by atoms with Crippen LogP contribution in [0.15, 0.2) is 91.1 Å². The Kier molecular flexibility index (Phi) is 7.40. The van der Waals surface area contributed by atoms with Crippen LogP contribution in [-0.4, -0.2) is 33.6 Å². The molecule has 1 atom stereocenters. The van der Waals surface area contributed by atoms with E-state index in [1.807, 2.05) is 18.2 Å². The highest BCUT2D eigenvalue weighted by Crippen LogP contribution is 2.30. The van der Waals surface area contributed by atoms with Crippen LogP contribution in [0.5, 0.6) is 0 Å². The molecule has 190 valence electrons. The third-order valence-corrected chi connectivity index (χ3v) is 6.86. The maximum atomic E-state index is 13.7. The third kappa shape index (κ3) is 5.54. The van der Waals surface area contributed by atoms with E-state index in [2.05, 4.69) is 15.6 Å². The Morgan fingerprint density at radius 2 is 1.71 bits per heavy atom. The van der Waals surface area contributed by atoms with E-state index in [0.29, 0.717) is 32.7 Å². The van der Waals surface area contributed by atoms with E-state index in [1.54, 1.807) is 72.9 Å². The lowest BCUT2D eigenvalue weighted by molar-refractivity contribution is -0.120. The van der Waals surface area contributed by atoms with Gasteiger partial charge in [-0.05, 0) is 59.7 Å². The number of carbonyl (C=O) groups excluding carboxylic acids is 3. The van der Waals surface area contributed by atoms with Gasteiger partial charge < -0.3 is 15.5 Å². The minimum atomic E-state index is -0.833. The summed E-state index contributed by atoms with van der Waals surface area (Å²) in [4.78, 5) is 45.4. The average Bonchev–Trinajstić information content (AvgIpc) is 3.00. The Hall–Kier alpha value is -4.20. The highest BCUT2D eigenvalue weighted by Gasteiger charge is 2.36. The fourth-order valence-corrected chi connectivity index (χ4v) is 4.69. The van der Waals surface area contributed by atoms with E-state index >= 15 is 0 Å². The molecule has 0 fully saturated rings. The topological polar surface area (TPSA) is 91.4 Å². The molecule has 2 heterocycles. The van der Waals surface area contributed by atoms with Crippen molar-refractivity contribution >= 4 is 52.4 Å². The maximum absolute atomic E-state index is 13.7. The summed E-state index contributed by atoms with van der Waals surface area (Å²) < 4.78 is 0. The Morgan fingerprint density at radius 1 is 0.947 bits per heavy atom. The van der Waals surface area contributed by atoms with Crippen LogP contribution >= 0.6 is 23.2 Å². The van der Waals surface area contributed by atoms with E-state index in [9.17, 15) is 14.4 Å². The minimum absolute atomic E-state index is 0.144. The monoisotopic (exact) mass is 544 g/mol. The number of hydrogen-bond acceptors (Lipinski definition) is 4. The van der Waals surface area contributed by atoms with Gasteiger partial charge in [-0.25, -0.2) is 4.98 Å². The molecule has 38 heavy (non-hydrogen) atoms. The van der Waals surface area contributed by atoms with Gasteiger partial charge in [0.05, 0.1) is 11.3 Å². The number of halogens is 2. The molecule has 2 N–H and O–H groups in total. The Bertz CT molecular complexity index is 1510. The SMILES string of the molecule is O=C(Nc1ccccn1)c1ccc(CN2C(=O)c3ccc(Cl)cc3NC(=O)C2Cc2ccccc2Cl)cc1. The summed E-state index contributed by atoms with van der Waals surface area (Å²) in [5.74, 6) is -0.512. The molecular formula is C29H22Cl2N4O3. The first-order chi connectivity index (χ1) is 18.4. The lowest BCUT2D eigenvalue weighted by Gasteiger charge is -2.29. The number of amides is 3. The summed E-state index contributed by atoms with van der Waals surface area (Å²) >= 11 is 12.5. The molecule has 0 saturated carbocycles. The first kappa shape index (κ1) is 25.4. The molecule has 3 amide bonds. The van der Waals surface area contributed by atoms with Crippen molar-refractivity contribution < 1.29 is 14.4 Å². The van der Waals surface area contributed by atoms with Crippen LogP contribution in [0, 0.1) is 0 Å². The highest BCUT2D eigenvalue weighted by atomic mass is 35.5. The fraction of sp³-hybridized carbons (Fsp3) is 0.103. The number of fused-ring (bicyclic) bond motifs is 1. The molecule has 4 aromatic rings. The molecule has 0 bridgehead atoms. The van der Waals surface area contributed by atoms with Gasteiger partial charge in [-0.15, -0.1) is 0 Å². The number of aromatic nitrogens is 1. The number of rotatable bonds is 6. The van der Waals surface area contributed by atoms with Gasteiger partial charge in [0.25, 0.3) is 11.8 Å². The predicted molar refractivity (Wildman–Crippen MR) is 148 cm³/mol. The van der Waals surface area contributed by atoms with Gasteiger partial charge in [0.2, 0.25) is 5.91 Å². The molecule has 0 spiro atoms. The second kappa shape index (κ2) is 11.0. The molecule has 0 aliphatic carbocycles. The van der Waals surface area contributed by atoms with Crippen LogP contribution in [0.25, 0.3) is 0 Å². The van der Waals surface area contributed by atoms with E-state index in [0.717, 1.165) is 11.1 Å². The zero-order valence-corrected chi connectivity index (χ0v) is 21.5. The van der Waals surface area contributed by atoms with Crippen LogP contribution in [-0.2, 0) is 17.8 Å². The Labute approximate surface area is 229 Å². The summed E-state index contributed by atoms with van der Waals surface area (Å²) in [5.41, 5.74) is 2.64. The van der Waals surface area contributed by atoms with Gasteiger partial charge in [0.15, 0.2) is 0 Å². The normalized spacial score (nSPS) is 14.9. The number of nitrogens with zero attached hydrogens (tertiary/aromatic N) is 2. The molecule has 3 aromatic carbocycles. The van der Waals surface area contributed by atoms with Crippen molar-refractivity contribution in [2.24, 2.45) is 0 Å². The van der Waals surface area contributed by atoms with Crippen LogP contribution in [0.4, 0.5) is 11.5 Å². The molecule has 7 nitrogen and oxygen atoms in total. The Balaban J connectivity index is 1.43.